The average Bonchev–Trinajstić information content (AvgIpc) is 2.99. The predicted molar refractivity (Wildman–Crippen MR) is 105 cm³/mol. The van der Waals surface area contributed by atoms with Crippen LogP contribution >= 0.6 is 23.2 Å². The molecule has 21 heteroatoms. The van der Waals surface area contributed by atoms with Crippen LogP contribution < -0.4 is 5.32 Å². The van der Waals surface area contributed by atoms with Crippen LogP contribution in [0.2, 0.25) is 0 Å². The fraction of sp³-hybridized carbons (Fsp3) is 0.667. The fourth-order valence-corrected chi connectivity index (χ4v) is 6.19. The molecule has 2 saturated heterocycles. The topological polar surface area (TPSA) is 267 Å². The quantitative estimate of drug-likeness (QED) is 0.113. The number of hydrogen-bond acceptors (Lipinski definition) is 10. The van der Waals surface area contributed by atoms with Crippen LogP contribution in [0.3, 0.4) is 0 Å². The van der Waals surface area contributed by atoms with Crippen molar-refractivity contribution in [2.75, 3.05) is 13.0 Å². The van der Waals surface area contributed by atoms with E-state index in [4.69, 9.17) is 29.7 Å². The summed E-state index contributed by atoms with van der Waals surface area (Å²) in [6, 6.07) is -1.74. The third-order valence-electron chi connectivity index (χ3n) is 4.32. The molecule has 18 nitrogen and oxygen atoms in total. The summed E-state index contributed by atoms with van der Waals surface area (Å²) in [6.45, 7) is 4.68. The third-order valence-corrected chi connectivity index (χ3v) is 8.35. The number of hydrogen-bond donors (Lipinski definition) is 5. The predicted octanol–water partition coefficient (Wildman–Crippen LogP) is 0.868. The van der Waals surface area contributed by atoms with Crippen LogP contribution in [-0.2, 0) is 36.6 Å². The molecule has 3 amide bonds. The molecule has 0 radical (unpaired) electrons. The van der Waals surface area contributed by atoms with E-state index in [1.165, 1.54) is 6.92 Å². The summed E-state index contributed by atoms with van der Waals surface area (Å²) in [5.74, 6) is -1.31. The lowest BCUT2D eigenvalue weighted by Gasteiger charge is -2.36. The molecule has 186 valence electrons. The number of carbonyl (C=O) groups is 2. The summed E-state index contributed by atoms with van der Waals surface area (Å²) in [4.78, 5) is 63.4. The maximum atomic E-state index is 12.2. The molecule has 0 aromatic carbocycles. The molecule has 2 aliphatic heterocycles. The number of nitrogens with one attached hydrogen (secondary N) is 1. The van der Waals surface area contributed by atoms with E-state index in [2.05, 4.69) is 30.5 Å². The maximum absolute atomic E-state index is 12.2. The SMILES string of the molecule is C=C1C(C)C(=O)NC(=O)N1[C@H]1C[C@H](N=[N+]=[N-])[C@@H](COCP(=O)(O)OP(=O)(O)OP(=O)(O)O)O1. The molecule has 33 heavy (non-hydrogen) atoms. The zero-order valence-electron chi connectivity index (χ0n) is 16.7. The summed E-state index contributed by atoms with van der Waals surface area (Å²) < 4.78 is 51.7. The first-order valence-corrected chi connectivity index (χ1v) is 13.6. The summed E-state index contributed by atoms with van der Waals surface area (Å²) in [6.07, 6.45) is -3.37. The summed E-state index contributed by atoms with van der Waals surface area (Å²) in [5.41, 5.74) is 8.89. The van der Waals surface area contributed by atoms with Gasteiger partial charge < -0.3 is 29.0 Å². The zero-order valence-corrected chi connectivity index (χ0v) is 19.4. The first-order valence-electron chi connectivity index (χ1n) is 8.78. The molecule has 0 aliphatic carbocycles. The number of rotatable bonds is 10. The van der Waals surface area contributed by atoms with E-state index in [-0.39, 0.29) is 12.1 Å². The minimum absolute atomic E-state index is 0.0410. The van der Waals surface area contributed by atoms with Gasteiger partial charge in [0.25, 0.3) is 0 Å². The average molecular weight is 535 g/mol. The maximum Gasteiger partial charge on any atom is 0.488 e. The van der Waals surface area contributed by atoms with Gasteiger partial charge in [-0.3, -0.25) is 19.6 Å². The fourth-order valence-electron chi connectivity index (χ4n) is 2.91. The molecule has 0 saturated carbocycles. The Hall–Kier alpha value is -1.64. The van der Waals surface area contributed by atoms with Gasteiger partial charge in [0.2, 0.25) is 5.91 Å². The van der Waals surface area contributed by atoms with Crippen molar-refractivity contribution in [3.8, 4) is 0 Å². The van der Waals surface area contributed by atoms with Crippen molar-refractivity contribution in [3.05, 3.63) is 22.7 Å². The second-order valence-corrected chi connectivity index (χ2v) is 11.5. The van der Waals surface area contributed by atoms with Crippen LogP contribution in [-0.4, -0.2) is 67.7 Å². The first-order chi connectivity index (χ1) is 15.1. The summed E-state index contributed by atoms with van der Waals surface area (Å²) in [5, 5.41) is 5.63. The van der Waals surface area contributed by atoms with Gasteiger partial charge in [-0.15, -0.1) is 0 Å². The Morgan fingerprint density at radius 3 is 2.48 bits per heavy atom. The Balaban J connectivity index is 2.01. The number of nitrogens with zero attached hydrogens (tertiary/aromatic N) is 4. The van der Waals surface area contributed by atoms with Crippen LogP contribution in [0.4, 0.5) is 4.79 Å². The zero-order chi connectivity index (χ0) is 25.2. The highest BCUT2D eigenvalue weighted by Crippen LogP contribution is 2.65. The number of urea groups is 1. The highest BCUT2D eigenvalue weighted by molar-refractivity contribution is 7.68. The van der Waals surface area contributed by atoms with Crippen molar-refractivity contribution in [3.63, 3.8) is 0 Å². The Labute approximate surface area is 185 Å². The third kappa shape index (κ3) is 7.69. The standard InChI is InChI=1S/C12H20N5O13P3/c1-6-7(2)17(12(19)14-11(6)18)10-3-8(15-16-13)9(28-10)4-27-5-31(20,21)29-33(25,26)30-32(22,23)24/h6,8-10H,2-5H2,1H3,(H,20,21)(H,25,26)(H,14,18,19)(H2,22,23,24)/t6?,8-,9+,10+/m0/s1. The number of amides is 3. The van der Waals surface area contributed by atoms with Crippen LogP contribution in [0.25, 0.3) is 10.4 Å². The number of carbonyl (C=O) groups excluding carboxylic acids is 2. The normalized spacial score (nSPS) is 29.7. The Bertz CT molecular complexity index is 1010. The number of phosphoric acid groups is 2. The van der Waals surface area contributed by atoms with Gasteiger partial charge >= 0.3 is 29.3 Å². The van der Waals surface area contributed by atoms with E-state index in [1.807, 2.05) is 0 Å². The Morgan fingerprint density at radius 1 is 1.27 bits per heavy atom. The van der Waals surface area contributed by atoms with E-state index < -0.39 is 72.4 Å². The van der Waals surface area contributed by atoms with Gasteiger partial charge in [0.05, 0.1) is 24.7 Å². The van der Waals surface area contributed by atoms with Crippen LogP contribution in [0.5, 0.6) is 0 Å². The van der Waals surface area contributed by atoms with E-state index in [1.54, 1.807) is 0 Å². The van der Waals surface area contributed by atoms with Crippen molar-refractivity contribution < 1.29 is 61.0 Å². The largest absolute Gasteiger partial charge is 0.488 e. The van der Waals surface area contributed by atoms with Crippen molar-refractivity contribution in [1.29, 1.82) is 0 Å². The minimum Gasteiger partial charge on any atom is -0.366 e. The van der Waals surface area contributed by atoms with Crippen LogP contribution in [0.15, 0.2) is 17.4 Å². The highest BCUT2D eigenvalue weighted by atomic mass is 31.3. The van der Waals surface area contributed by atoms with Crippen molar-refractivity contribution in [2.45, 2.75) is 31.7 Å². The minimum atomic E-state index is -5.62. The molecule has 2 heterocycles. The van der Waals surface area contributed by atoms with E-state index in [0.717, 1.165) is 4.90 Å². The molecule has 3 unspecified atom stereocenters. The Morgan fingerprint density at radius 2 is 1.91 bits per heavy atom. The monoisotopic (exact) mass is 535 g/mol. The van der Waals surface area contributed by atoms with Crippen molar-refractivity contribution >= 4 is 35.2 Å². The van der Waals surface area contributed by atoms with Gasteiger partial charge in [-0.2, -0.15) is 4.31 Å². The van der Waals surface area contributed by atoms with Gasteiger partial charge in [-0.1, -0.05) is 11.7 Å². The molecule has 0 spiro atoms. The molecule has 0 aromatic rings. The highest BCUT2D eigenvalue weighted by Gasteiger charge is 2.45. The number of azide groups is 1. The molecule has 0 aromatic heterocycles. The van der Waals surface area contributed by atoms with Crippen molar-refractivity contribution in [2.24, 2.45) is 11.0 Å². The molecular weight excluding hydrogens is 515 g/mol. The second-order valence-electron chi connectivity index (χ2n) is 6.77. The summed E-state index contributed by atoms with van der Waals surface area (Å²) in [7, 11) is -16.2. The lowest BCUT2D eigenvalue weighted by molar-refractivity contribution is -0.125. The van der Waals surface area contributed by atoms with E-state index in [0.29, 0.717) is 0 Å². The van der Waals surface area contributed by atoms with Gasteiger partial charge in [-0.25, -0.2) is 18.2 Å². The lowest BCUT2D eigenvalue weighted by atomic mass is 10.0. The number of ether oxygens (including phenoxy) is 2. The van der Waals surface area contributed by atoms with Gasteiger partial charge in [-0.05, 0) is 12.5 Å². The molecular formula is C12H20N5O13P3. The number of imide groups is 1. The van der Waals surface area contributed by atoms with E-state index in [9.17, 15) is 28.2 Å². The Kier molecular flexibility index (Phi) is 8.63. The van der Waals surface area contributed by atoms with Gasteiger partial charge in [0.15, 0.2) is 0 Å². The van der Waals surface area contributed by atoms with E-state index >= 15 is 0 Å². The second kappa shape index (κ2) is 10.3. The van der Waals surface area contributed by atoms with Crippen LogP contribution in [0.1, 0.15) is 13.3 Å². The van der Waals surface area contributed by atoms with Crippen LogP contribution in [0, 0.1) is 5.92 Å². The molecule has 2 rings (SSSR count). The van der Waals surface area contributed by atoms with Gasteiger partial charge in [0.1, 0.15) is 12.6 Å². The molecule has 5 N–H and O–H groups in total. The molecule has 2 fully saturated rings. The smallest absolute Gasteiger partial charge is 0.366 e. The first kappa shape index (κ1) is 27.6. The van der Waals surface area contributed by atoms with Gasteiger partial charge in [0, 0.05) is 17.0 Å². The molecule has 0 bridgehead atoms. The summed E-state index contributed by atoms with van der Waals surface area (Å²) >= 11 is 0. The molecule has 2 aliphatic rings. The van der Waals surface area contributed by atoms with Crippen molar-refractivity contribution in [1.82, 2.24) is 10.2 Å². The lowest BCUT2D eigenvalue weighted by Crippen LogP contribution is -2.55. The molecule has 6 atom stereocenters.